The highest BCUT2D eigenvalue weighted by molar-refractivity contribution is 5.07. The number of nitrogens with zero attached hydrogens (tertiary/aromatic N) is 3. The lowest BCUT2D eigenvalue weighted by Crippen LogP contribution is -2.11. The maximum Gasteiger partial charge on any atom is 0.0492 e. The van der Waals surface area contributed by atoms with Crippen LogP contribution in [-0.2, 0) is 13.0 Å². The summed E-state index contributed by atoms with van der Waals surface area (Å²) in [5.41, 5.74) is 1.32. The summed E-state index contributed by atoms with van der Waals surface area (Å²) in [6.45, 7) is 4.03. The number of hydrogen-bond donors (Lipinski definition) is 0. The van der Waals surface area contributed by atoms with Gasteiger partial charge in [-0.3, -0.25) is 4.68 Å². The lowest BCUT2D eigenvalue weighted by Gasteiger charge is -2.23. The highest BCUT2D eigenvalue weighted by Gasteiger charge is 2.04. The molecule has 0 spiro atoms. The smallest absolute Gasteiger partial charge is 0.0492 e. The molecule has 0 fully saturated rings. The van der Waals surface area contributed by atoms with E-state index in [1.807, 2.05) is 6.20 Å². The van der Waals surface area contributed by atoms with E-state index in [1.54, 1.807) is 0 Å². The minimum Gasteiger partial charge on any atom is -0.658 e. The van der Waals surface area contributed by atoms with Gasteiger partial charge in [0.1, 0.15) is 0 Å². The first-order valence-corrected chi connectivity index (χ1v) is 4.03. The van der Waals surface area contributed by atoms with Gasteiger partial charge in [-0.25, -0.2) is 0 Å². The summed E-state index contributed by atoms with van der Waals surface area (Å²) >= 11 is 0. The van der Waals surface area contributed by atoms with Gasteiger partial charge in [-0.05, 0) is 12.5 Å². The average molecular weight is 150 g/mol. The monoisotopic (exact) mass is 150 g/mol. The molecule has 0 bridgehead atoms. The Balaban J connectivity index is 2.26. The quantitative estimate of drug-likeness (QED) is 0.547. The molecule has 0 amide bonds. The fraction of sp³-hybridized carbons (Fsp3) is 0.625. The Kier molecular flexibility index (Phi) is 1.66. The second-order valence-electron chi connectivity index (χ2n) is 3.01. The van der Waals surface area contributed by atoms with Crippen molar-refractivity contribution < 1.29 is 0 Å². The second kappa shape index (κ2) is 2.66. The van der Waals surface area contributed by atoms with E-state index >= 15 is 0 Å². The Bertz CT molecular complexity index is 241. The minimum absolute atomic E-state index is 0.427. The van der Waals surface area contributed by atoms with Crippen LogP contribution in [0.2, 0.25) is 0 Å². The molecule has 0 aliphatic carbocycles. The molecule has 60 valence electrons. The molecule has 1 atom stereocenters. The molecule has 2 heterocycles. The van der Waals surface area contributed by atoms with Gasteiger partial charge in [-0.2, -0.15) is 5.10 Å². The molecule has 0 radical (unpaired) electrons. The van der Waals surface area contributed by atoms with E-state index in [4.69, 9.17) is 0 Å². The van der Waals surface area contributed by atoms with Gasteiger partial charge in [0, 0.05) is 18.4 Å². The Morgan fingerprint density at radius 3 is 3.55 bits per heavy atom. The summed E-state index contributed by atoms with van der Waals surface area (Å²) < 4.78 is 2.06. The van der Waals surface area contributed by atoms with Crippen molar-refractivity contribution in [2.75, 3.05) is 6.54 Å². The topological polar surface area (TPSA) is 31.9 Å². The molecule has 0 aromatic carbocycles. The molecule has 1 aromatic rings. The van der Waals surface area contributed by atoms with Crippen LogP contribution in [0, 0.1) is 0 Å². The molecule has 2 rings (SSSR count). The zero-order valence-electron chi connectivity index (χ0n) is 6.70. The maximum absolute atomic E-state index is 4.45. The molecular weight excluding hydrogens is 138 g/mol. The number of hydrogen-bond acceptors (Lipinski definition) is 1. The molecule has 1 aromatic heterocycles. The van der Waals surface area contributed by atoms with Crippen molar-refractivity contribution in [2.45, 2.75) is 25.9 Å². The zero-order chi connectivity index (χ0) is 7.68. The van der Waals surface area contributed by atoms with Crippen LogP contribution in [0.5, 0.6) is 0 Å². The van der Waals surface area contributed by atoms with Crippen LogP contribution in [0.3, 0.4) is 0 Å². The Hall–Kier alpha value is -0.830. The van der Waals surface area contributed by atoms with Crippen molar-refractivity contribution in [2.24, 2.45) is 0 Å². The number of rotatable bonds is 0. The van der Waals surface area contributed by atoms with Gasteiger partial charge in [0.15, 0.2) is 0 Å². The minimum atomic E-state index is 0.427. The summed E-state index contributed by atoms with van der Waals surface area (Å²) in [5.74, 6) is 0. The van der Waals surface area contributed by atoms with E-state index in [-0.39, 0.29) is 0 Å². The summed E-state index contributed by atoms with van der Waals surface area (Å²) in [7, 11) is 0. The number of aromatic nitrogens is 2. The van der Waals surface area contributed by atoms with Gasteiger partial charge in [0.25, 0.3) is 0 Å². The first-order chi connectivity index (χ1) is 5.36. The van der Waals surface area contributed by atoms with Crippen LogP contribution in [0.15, 0.2) is 12.3 Å². The van der Waals surface area contributed by atoms with E-state index < -0.39 is 0 Å². The lowest BCUT2D eigenvalue weighted by molar-refractivity contribution is 0.567. The molecule has 0 saturated heterocycles. The van der Waals surface area contributed by atoms with E-state index in [0.29, 0.717) is 6.04 Å². The summed E-state index contributed by atoms with van der Waals surface area (Å²) in [6, 6.07) is 2.50. The number of fused-ring (bicyclic) bond motifs is 1. The van der Waals surface area contributed by atoms with Gasteiger partial charge in [0.2, 0.25) is 0 Å². The van der Waals surface area contributed by atoms with E-state index in [1.165, 1.54) is 5.69 Å². The summed E-state index contributed by atoms with van der Waals surface area (Å²) in [4.78, 5) is 0. The fourth-order valence-corrected chi connectivity index (χ4v) is 1.44. The van der Waals surface area contributed by atoms with Crippen molar-refractivity contribution in [1.29, 1.82) is 0 Å². The molecule has 0 unspecified atom stereocenters. The van der Waals surface area contributed by atoms with Crippen LogP contribution in [0.4, 0.5) is 0 Å². The summed E-state index contributed by atoms with van der Waals surface area (Å²) in [6.07, 6.45) is 2.91. The lowest BCUT2D eigenvalue weighted by atomic mass is 10.3. The summed E-state index contributed by atoms with van der Waals surface area (Å²) in [5, 5.41) is 8.67. The highest BCUT2D eigenvalue weighted by Crippen LogP contribution is 2.12. The predicted octanol–water partition coefficient (Wildman–Crippen LogP) is 1.20. The van der Waals surface area contributed by atoms with Gasteiger partial charge < -0.3 is 5.32 Å². The molecule has 0 saturated carbocycles. The predicted molar refractivity (Wildman–Crippen MR) is 43.6 cm³/mol. The van der Waals surface area contributed by atoms with Crippen molar-refractivity contribution in [3.63, 3.8) is 0 Å². The Morgan fingerprint density at radius 1 is 1.73 bits per heavy atom. The van der Waals surface area contributed by atoms with Gasteiger partial charge in [-0.1, -0.05) is 6.92 Å². The zero-order valence-corrected chi connectivity index (χ0v) is 6.70. The highest BCUT2D eigenvalue weighted by atomic mass is 15.3. The standard InChI is InChI=1S/C8H12N3/c1-7-6-11-8(2-4-9-7)3-5-10-11/h3,5,7H,2,4,6H2,1H3/q-1/t7-/m1/s1. The second-order valence-corrected chi connectivity index (χ2v) is 3.01. The van der Waals surface area contributed by atoms with Gasteiger partial charge in [0.05, 0.1) is 0 Å². The Morgan fingerprint density at radius 2 is 2.64 bits per heavy atom. The first-order valence-electron chi connectivity index (χ1n) is 4.03. The molecule has 11 heavy (non-hydrogen) atoms. The third kappa shape index (κ3) is 1.28. The van der Waals surface area contributed by atoms with E-state index in [0.717, 1.165) is 19.5 Å². The van der Waals surface area contributed by atoms with Crippen LogP contribution in [0.25, 0.3) is 5.32 Å². The fourth-order valence-electron chi connectivity index (χ4n) is 1.44. The average Bonchev–Trinajstić information content (AvgIpc) is 2.31. The third-order valence-electron chi connectivity index (χ3n) is 2.05. The van der Waals surface area contributed by atoms with Crippen molar-refractivity contribution >= 4 is 0 Å². The molecule has 1 aliphatic heterocycles. The third-order valence-corrected chi connectivity index (χ3v) is 2.05. The van der Waals surface area contributed by atoms with E-state index in [9.17, 15) is 0 Å². The largest absolute Gasteiger partial charge is 0.658 e. The van der Waals surface area contributed by atoms with Crippen molar-refractivity contribution in [3.05, 3.63) is 23.3 Å². The van der Waals surface area contributed by atoms with Crippen LogP contribution < -0.4 is 0 Å². The SMILES string of the molecule is C[C@@H]1Cn2nccc2CC[N-]1. The van der Waals surface area contributed by atoms with Gasteiger partial charge in [-0.15, -0.1) is 12.6 Å². The van der Waals surface area contributed by atoms with E-state index in [2.05, 4.69) is 28.1 Å². The Labute approximate surface area is 66.4 Å². The normalized spacial score (nSPS) is 24.3. The first kappa shape index (κ1) is 6.85. The molecule has 0 N–H and O–H groups in total. The van der Waals surface area contributed by atoms with Crippen molar-refractivity contribution in [3.8, 4) is 0 Å². The van der Waals surface area contributed by atoms with Crippen LogP contribution in [0.1, 0.15) is 12.6 Å². The molecule has 3 nitrogen and oxygen atoms in total. The maximum atomic E-state index is 4.45. The van der Waals surface area contributed by atoms with Crippen LogP contribution >= 0.6 is 0 Å². The molecule has 3 heteroatoms. The molecular formula is C8H12N3-. The van der Waals surface area contributed by atoms with Gasteiger partial charge >= 0.3 is 0 Å². The van der Waals surface area contributed by atoms with Crippen LogP contribution in [-0.4, -0.2) is 22.4 Å². The molecule has 1 aliphatic rings. The van der Waals surface area contributed by atoms with Crippen molar-refractivity contribution in [1.82, 2.24) is 9.78 Å².